The minimum absolute atomic E-state index is 0.461. The first-order valence-electron chi connectivity index (χ1n) is 9.34. The molecule has 1 aromatic heterocycles. The summed E-state index contributed by atoms with van der Waals surface area (Å²) in [5.41, 5.74) is 11.5. The van der Waals surface area contributed by atoms with Gasteiger partial charge < -0.3 is 19.9 Å². The molecule has 28 heavy (non-hydrogen) atoms. The number of nitrogens with one attached hydrogen (secondary N) is 4. The minimum Gasteiger partial charge on any atom is -0.383 e. The highest BCUT2D eigenvalue weighted by molar-refractivity contribution is 7.80. The third-order valence-electron chi connectivity index (χ3n) is 4.10. The fourth-order valence-corrected chi connectivity index (χ4v) is 3.09. The monoisotopic (exact) mass is 424 g/mol. The topological polar surface area (TPSA) is 74.6 Å². The summed E-state index contributed by atoms with van der Waals surface area (Å²) in [5, 5.41) is 7.08. The molecule has 0 spiro atoms. The molecule has 4 N–H and O–H groups in total. The van der Waals surface area contributed by atoms with E-state index >= 15 is 0 Å². The van der Waals surface area contributed by atoms with Crippen molar-refractivity contribution in [3.63, 3.8) is 0 Å². The van der Waals surface area contributed by atoms with Gasteiger partial charge in [0.05, 0.1) is 12.3 Å². The van der Waals surface area contributed by atoms with E-state index in [4.69, 9.17) is 29.2 Å². The van der Waals surface area contributed by atoms with Crippen molar-refractivity contribution < 1.29 is 4.74 Å². The first-order chi connectivity index (χ1) is 13.3. The molecule has 0 radical (unpaired) electrons. The van der Waals surface area contributed by atoms with E-state index in [1.165, 1.54) is 0 Å². The van der Waals surface area contributed by atoms with Crippen LogP contribution in [0.3, 0.4) is 0 Å². The number of thiocarbonyl (C=S) groups is 2. The molecule has 0 unspecified atom stereocenters. The Bertz CT molecular complexity index is 739. The molecule has 1 aromatic rings. The van der Waals surface area contributed by atoms with Gasteiger partial charge in [-0.1, -0.05) is 0 Å². The maximum Gasteiger partial charge on any atom is 0.192 e. The fourth-order valence-electron chi connectivity index (χ4n) is 2.70. The third-order valence-corrected chi connectivity index (χ3v) is 4.59. The largest absolute Gasteiger partial charge is 0.383 e. The lowest BCUT2D eigenvalue weighted by atomic mass is 10.1. The second-order valence-corrected chi connectivity index (χ2v) is 6.99. The maximum absolute atomic E-state index is 5.28. The molecule has 1 rings (SSSR count). The van der Waals surface area contributed by atoms with Gasteiger partial charge in [0.2, 0.25) is 0 Å². The van der Waals surface area contributed by atoms with Gasteiger partial charge >= 0.3 is 0 Å². The average molecular weight is 425 g/mol. The van der Waals surface area contributed by atoms with Crippen molar-refractivity contribution in [1.29, 1.82) is 0 Å². The van der Waals surface area contributed by atoms with Crippen LogP contribution in [0.5, 0.6) is 0 Å². The zero-order valence-electron chi connectivity index (χ0n) is 17.6. The lowest BCUT2D eigenvalue weighted by molar-refractivity contribution is 0.186. The minimum atomic E-state index is 0.461. The van der Waals surface area contributed by atoms with Gasteiger partial charge in [-0.2, -0.15) is 0 Å². The number of methoxy groups -OCH3 is 1. The smallest absolute Gasteiger partial charge is 0.192 e. The van der Waals surface area contributed by atoms with E-state index in [0.717, 1.165) is 47.9 Å². The number of aliphatic imine (C=N–C) groups is 1. The van der Waals surface area contributed by atoms with Gasteiger partial charge in [-0.3, -0.25) is 10.9 Å². The summed E-state index contributed by atoms with van der Waals surface area (Å²) in [6.07, 6.45) is 1.76. The Morgan fingerprint density at radius 1 is 1.18 bits per heavy atom. The van der Waals surface area contributed by atoms with Crippen molar-refractivity contribution in [2.75, 3.05) is 26.8 Å². The molecule has 0 atom stereocenters. The van der Waals surface area contributed by atoms with Crippen LogP contribution >= 0.6 is 24.4 Å². The van der Waals surface area contributed by atoms with Gasteiger partial charge in [0, 0.05) is 49.9 Å². The molecule has 0 amide bonds. The van der Waals surface area contributed by atoms with Crippen molar-refractivity contribution >= 4 is 46.6 Å². The van der Waals surface area contributed by atoms with Crippen LogP contribution in [0.25, 0.3) is 5.70 Å². The third kappa shape index (κ3) is 7.21. The number of aryl methyl sites for hydroxylation is 1. The molecule has 1 heterocycles. The van der Waals surface area contributed by atoms with E-state index in [2.05, 4.69) is 51.0 Å². The van der Waals surface area contributed by atoms with E-state index < -0.39 is 0 Å². The Balaban J connectivity index is 3.25. The second-order valence-electron chi connectivity index (χ2n) is 6.19. The molecule has 0 saturated heterocycles. The molecular weight excluding hydrogens is 392 g/mol. The summed E-state index contributed by atoms with van der Waals surface area (Å²) in [6, 6.07) is 2.14. The van der Waals surface area contributed by atoms with E-state index in [9.17, 15) is 0 Å². The number of hydrogen-bond donors (Lipinski definition) is 4. The summed E-state index contributed by atoms with van der Waals surface area (Å²) in [7, 11) is 1.71. The van der Waals surface area contributed by atoms with Gasteiger partial charge in [-0.25, -0.2) is 4.99 Å². The van der Waals surface area contributed by atoms with Crippen molar-refractivity contribution in [3.8, 4) is 0 Å². The Kier molecular flexibility index (Phi) is 10.7. The predicted molar refractivity (Wildman–Crippen MR) is 126 cm³/mol. The number of aromatic nitrogens is 1. The molecule has 9 heteroatoms. The molecule has 0 saturated carbocycles. The molecule has 156 valence electrons. The highest BCUT2D eigenvalue weighted by Crippen LogP contribution is 2.23. The molecular formula is C19H32N6OS2. The van der Waals surface area contributed by atoms with Crippen molar-refractivity contribution in [2.24, 2.45) is 4.99 Å². The zero-order chi connectivity index (χ0) is 21.1. The molecule has 0 aliphatic heterocycles. The van der Waals surface area contributed by atoms with Crippen LogP contribution in [0.15, 0.2) is 16.6 Å². The van der Waals surface area contributed by atoms with Crippen LogP contribution in [0.2, 0.25) is 0 Å². The van der Waals surface area contributed by atoms with Crippen LogP contribution in [0.4, 0.5) is 0 Å². The van der Waals surface area contributed by atoms with E-state index in [-0.39, 0.29) is 0 Å². The van der Waals surface area contributed by atoms with E-state index in [1.54, 1.807) is 13.3 Å². The Morgan fingerprint density at radius 2 is 1.86 bits per heavy atom. The van der Waals surface area contributed by atoms with Gasteiger partial charge in [-0.15, -0.1) is 0 Å². The SMILES string of the molecule is CCNC(=S)N=CC(C)=C(NNC(=S)NCC)c1cc(C)n(CCOC)c1C. The van der Waals surface area contributed by atoms with Gasteiger partial charge in [0.25, 0.3) is 0 Å². The Hall–Kier alpha value is -1.97. The molecule has 0 aromatic carbocycles. The normalized spacial score (nSPS) is 11.9. The predicted octanol–water partition coefficient (Wildman–Crippen LogP) is 2.44. The molecule has 0 bridgehead atoms. The number of hydrogen-bond acceptors (Lipinski definition) is 4. The highest BCUT2D eigenvalue weighted by Gasteiger charge is 2.15. The Labute approximate surface area is 179 Å². The number of ether oxygens (including phenoxy) is 1. The summed E-state index contributed by atoms with van der Waals surface area (Å²) in [5.74, 6) is 0. The van der Waals surface area contributed by atoms with E-state index in [0.29, 0.717) is 16.8 Å². The summed E-state index contributed by atoms with van der Waals surface area (Å²) < 4.78 is 7.47. The molecule has 0 aliphatic rings. The second kappa shape index (κ2) is 12.5. The van der Waals surface area contributed by atoms with Gasteiger partial charge in [0.15, 0.2) is 10.2 Å². The molecule has 0 fully saturated rings. The van der Waals surface area contributed by atoms with Crippen LogP contribution in [0.1, 0.15) is 37.7 Å². The molecule has 0 aliphatic carbocycles. The first-order valence-corrected chi connectivity index (χ1v) is 10.2. The lowest BCUT2D eigenvalue weighted by Gasteiger charge is -2.17. The van der Waals surface area contributed by atoms with Gasteiger partial charge in [-0.05, 0) is 70.7 Å². The summed E-state index contributed by atoms with van der Waals surface area (Å²) in [6.45, 7) is 13.1. The van der Waals surface area contributed by atoms with Crippen LogP contribution < -0.4 is 21.5 Å². The zero-order valence-corrected chi connectivity index (χ0v) is 19.2. The number of rotatable bonds is 9. The van der Waals surface area contributed by atoms with Crippen molar-refractivity contribution in [1.82, 2.24) is 26.1 Å². The number of allylic oxidation sites excluding steroid dienone is 1. The maximum atomic E-state index is 5.28. The molecule has 7 nitrogen and oxygen atoms in total. The number of hydrazine groups is 1. The average Bonchev–Trinajstić information content (AvgIpc) is 2.93. The van der Waals surface area contributed by atoms with Crippen molar-refractivity contribution in [3.05, 3.63) is 28.6 Å². The van der Waals surface area contributed by atoms with Crippen LogP contribution in [0, 0.1) is 13.8 Å². The Morgan fingerprint density at radius 3 is 2.46 bits per heavy atom. The van der Waals surface area contributed by atoms with Crippen molar-refractivity contribution in [2.45, 2.75) is 41.2 Å². The number of nitrogens with zero attached hydrogens (tertiary/aromatic N) is 2. The standard InChI is InChI=1S/C19H32N6OS2/c1-7-20-18(27)22-12-13(3)17(23-24-19(28)21-8-2)16-11-14(4)25(15(16)5)9-10-26-6/h11-12,23H,7-10H2,1-6H3,(H,20,27)(H2,21,24,28). The first kappa shape index (κ1) is 24.1. The lowest BCUT2D eigenvalue weighted by Crippen LogP contribution is -2.43. The quantitative estimate of drug-likeness (QED) is 0.276. The van der Waals surface area contributed by atoms with Crippen LogP contribution in [-0.2, 0) is 11.3 Å². The van der Waals surface area contributed by atoms with Gasteiger partial charge in [0.1, 0.15) is 0 Å². The highest BCUT2D eigenvalue weighted by atomic mass is 32.1. The van der Waals surface area contributed by atoms with E-state index in [1.807, 2.05) is 20.8 Å². The summed E-state index contributed by atoms with van der Waals surface area (Å²) >= 11 is 10.5. The fraction of sp³-hybridized carbons (Fsp3) is 0.526. The summed E-state index contributed by atoms with van der Waals surface area (Å²) in [4.78, 5) is 4.33. The van der Waals surface area contributed by atoms with Crippen LogP contribution in [-0.4, -0.2) is 47.8 Å².